The average molecular weight is 636 g/mol. The summed E-state index contributed by atoms with van der Waals surface area (Å²) in [4.78, 5) is 28.5. The monoisotopic (exact) mass is 635 g/mol. The molecule has 1 aliphatic heterocycles. The lowest BCUT2D eigenvalue weighted by Crippen LogP contribution is -2.29. The number of thioether (sulfide) groups is 1. The molecule has 1 saturated heterocycles. The summed E-state index contributed by atoms with van der Waals surface area (Å²) in [6, 6.07) is 18.9. The van der Waals surface area contributed by atoms with Crippen molar-refractivity contribution in [3.05, 3.63) is 99.6 Å². The molecule has 1 atom stereocenters. The van der Waals surface area contributed by atoms with Crippen LogP contribution >= 0.6 is 34.7 Å². The number of aryl methyl sites for hydroxylation is 1. The van der Waals surface area contributed by atoms with Gasteiger partial charge in [-0.1, -0.05) is 77.5 Å². The maximum Gasteiger partial charge on any atom is 0.301 e. The third-order valence-electron chi connectivity index (χ3n) is 6.69. The molecule has 1 fully saturated rings. The number of ether oxygens (including phenoxy) is 2. The number of carbonyl (C=O) groups excluding carboxylic acids is 2. The number of rotatable bonds is 11. The van der Waals surface area contributed by atoms with Crippen LogP contribution in [0.2, 0.25) is 5.02 Å². The number of anilines is 1. The largest absolute Gasteiger partial charge is 0.507 e. The van der Waals surface area contributed by atoms with Crippen molar-refractivity contribution < 1.29 is 24.2 Å². The second-order valence-corrected chi connectivity index (χ2v) is 12.4. The molecule has 5 rings (SSSR count). The number of Topliss-reactive ketones (excluding diaryl/α,β-unsaturated/α-hetero) is 1. The van der Waals surface area contributed by atoms with Crippen LogP contribution in [-0.4, -0.2) is 40.2 Å². The number of hydrogen-bond acceptors (Lipinski definition) is 9. The molecule has 1 aliphatic rings. The van der Waals surface area contributed by atoms with E-state index in [9.17, 15) is 14.7 Å². The molecular weight excluding hydrogens is 606 g/mol. The van der Waals surface area contributed by atoms with E-state index in [0.717, 1.165) is 12.0 Å². The van der Waals surface area contributed by atoms with Crippen LogP contribution in [0.1, 0.15) is 48.6 Å². The molecule has 0 spiro atoms. The van der Waals surface area contributed by atoms with Crippen LogP contribution in [0.3, 0.4) is 0 Å². The van der Waals surface area contributed by atoms with E-state index in [-0.39, 0.29) is 16.5 Å². The fourth-order valence-corrected chi connectivity index (χ4v) is 6.54. The molecule has 222 valence electrons. The van der Waals surface area contributed by atoms with Gasteiger partial charge in [0.15, 0.2) is 15.8 Å². The zero-order chi connectivity index (χ0) is 30.5. The predicted molar refractivity (Wildman–Crippen MR) is 170 cm³/mol. The Balaban J connectivity index is 1.57. The van der Waals surface area contributed by atoms with Crippen molar-refractivity contribution in [1.29, 1.82) is 0 Å². The highest BCUT2D eigenvalue weighted by atomic mass is 35.5. The molecule has 8 nitrogen and oxygen atoms in total. The van der Waals surface area contributed by atoms with E-state index in [0.29, 0.717) is 51.0 Å². The number of benzene rings is 3. The molecule has 0 saturated carbocycles. The van der Waals surface area contributed by atoms with Gasteiger partial charge in [-0.05, 0) is 67.8 Å². The molecule has 0 bridgehead atoms. The smallest absolute Gasteiger partial charge is 0.301 e. The predicted octanol–water partition coefficient (Wildman–Crippen LogP) is 7.61. The standard InChI is InChI=1S/C32H30ClN3O5S2/c1-4-16-41-24-15-12-22(17-25(24)40-5-2)27-26(28(37)21-10-13-23(33)14-11-21)29(38)30(39)36(27)31-34-35-32(43-31)42-18-20-8-6-19(3)7-9-20/h6-15,17,27,37H,4-5,16,18H2,1-3H3/b28-26+. The SMILES string of the molecule is CCCOc1ccc(C2/C(=C(\O)c3ccc(Cl)cc3)C(=O)C(=O)N2c2nnc(SCc3ccc(C)cc3)s2)cc1OCC. The van der Waals surface area contributed by atoms with Gasteiger partial charge in [0.05, 0.1) is 24.8 Å². The number of ketones is 1. The van der Waals surface area contributed by atoms with Crippen LogP contribution in [0.4, 0.5) is 5.13 Å². The molecule has 1 amide bonds. The average Bonchev–Trinajstić information content (AvgIpc) is 3.58. The van der Waals surface area contributed by atoms with Gasteiger partial charge in [0.1, 0.15) is 5.76 Å². The molecule has 1 unspecified atom stereocenters. The number of hydrogen-bond donors (Lipinski definition) is 1. The van der Waals surface area contributed by atoms with Crippen LogP contribution < -0.4 is 14.4 Å². The first kappa shape index (κ1) is 30.6. The minimum absolute atomic E-state index is 0.0685. The van der Waals surface area contributed by atoms with E-state index in [2.05, 4.69) is 34.5 Å². The fourth-order valence-electron chi connectivity index (χ4n) is 4.59. The van der Waals surface area contributed by atoms with Gasteiger partial charge in [-0.2, -0.15) is 0 Å². The zero-order valence-corrected chi connectivity index (χ0v) is 26.3. The van der Waals surface area contributed by atoms with E-state index >= 15 is 0 Å². The Kier molecular flexibility index (Phi) is 9.69. The van der Waals surface area contributed by atoms with Crippen LogP contribution in [0.5, 0.6) is 11.5 Å². The van der Waals surface area contributed by atoms with Crippen molar-refractivity contribution >= 4 is 57.3 Å². The van der Waals surface area contributed by atoms with Crippen molar-refractivity contribution in [3.8, 4) is 11.5 Å². The molecule has 0 aliphatic carbocycles. The lowest BCUT2D eigenvalue weighted by molar-refractivity contribution is -0.132. The number of aliphatic hydroxyl groups is 1. The summed E-state index contributed by atoms with van der Waals surface area (Å²) in [6.07, 6.45) is 0.815. The van der Waals surface area contributed by atoms with Crippen molar-refractivity contribution in [1.82, 2.24) is 10.2 Å². The van der Waals surface area contributed by atoms with E-state index in [1.165, 1.54) is 33.6 Å². The quantitative estimate of drug-likeness (QED) is 0.0591. The van der Waals surface area contributed by atoms with Gasteiger partial charge >= 0.3 is 5.91 Å². The number of nitrogens with zero attached hydrogens (tertiary/aromatic N) is 3. The zero-order valence-electron chi connectivity index (χ0n) is 23.9. The Morgan fingerprint density at radius 1 is 1.00 bits per heavy atom. The molecule has 4 aromatic rings. The summed E-state index contributed by atoms with van der Waals surface area (Å²) in [6.45, 7) is 6.79. The second-order valence-electron chi connectivity index (χ2n) is 9.79. The van der Waals surface area contributed by atoms with Crippen molar-refractivity contribution in [3.63, 3.8) is 0 Å². The third kappa shape index (κ3) is 6.71. The first-order chi connectivity index (χ1) is 20.8. The van der Waals surface area contributed by atoms with Gasteiger partial charge in [-0.3, -0.25) is 14.5 Å². The summed E-state index contributed by atoms with van der Waals surface area (Å²) < 4.78 is 12.4. The number of aliphatic hydroxyl groups excluding tert-OH is 1. The van der Waals surface area contributed by atoms with E-state index in [1.807, 2.05) is 20.8 Å². The Bertz CT molecular complexity index is 1650. The Morgan fingerprint density at radius 2 is 1.74 bits per heavy atom. The summed E-state index contributed by atoms with van der Waals surface area (Å²) in [5, 5.41) is 20.7. The molecule has 1 N–H and O–H groups in total. The van der Waals surface area contributed by atoms with Crippen molar-refractivity contribution in [2.24, 2.45) is 0 Å². The molecular formula is C32H30ClN3O5S2. The van der Waals surface area contributed by atoms with E-state index in [4.69, 9.17) is 21.1 Å². The third-order valence-corrected chi connectivity index (χ3v) is 9.07. The lowest BCUT2D eigenvalue weighted by Gasteiger charge is -2.23. The molecule has 0 radical (unpaired) electrons. The Hall–Kier alpha value is -3.86. The fraction of sp³-hybridized carbons (Fsp3) is 0.250. The van der Waals surface area contributed by atoms with E-state index in [1.54, 1.807) is 42.5 Å². The van der Waals surface area contributed by atoms with Crippen LogP contribution in [0.25, 0.3) is 5.76 Å². The first-order valence-electron chi connectivity index (χ1n) is 13.8. The highest BCUT2D eigenvalue weighted by molar-refractivity contribution is 8.00. The van der Waals surface area contributed by atoms with Crippen LogP contribution in [-0.2, 0) is 15.3 Å². The first-order valence-corrected chi connectivity index (χ1v) is 16.0. The molecule has 1 aromatic heterocycles. The Morgan fingerprint density at radius 3 is 2.44 bits per heavy atom. The maximum atomic E-state index is 13.6. The summed E-state index contributed by atoms with van der Waals surface area (Å²) in [5.41, 5.74) is 3.14. The van der Waals surface area contributed by atoms with Gasteiger partial charge in [0.2, 0.25) is 5.13 Å². The highest BCUT2D eigenvalue weighted by Crippen LogP contribution is 2.45. The van der Waals surface area contributed by atoms with Crippen molar-refractivity contribution in [2.75, 3.05) is 18.1 Å². The maximum absolute atomic E-state index is 13.6. The normalized spacial score (nSPS) is 16.1. The van der Waals surface area contributed by atoms with Gasteiger partial charge < -0.3 is 14.6 Å². The number of aromatic nitrogens is 2. The minimum atomic E-state index is -0.988. The summed E-state index contributed by atoms with van der Waals surface area (Å²) in [5.74, 6) is -0.262. The number of carbonyl (C=O) groups is 2. The van der Waals surface area contributed by atoms with Crippen molar-refractivity contribution in [2.45, 2.75) is 43.3 Å². The van der Waals surface area contributed by atoms with Gasteiger partial charge in [0.25, 0.3) is 5.78 Å². The van der Waals surface area contributed by atoms with Crippen LogP contribution in [0.15, 0.2) is 76.6 Å². The topological polar surface area (TPSA) is 102 Å². The summed E-state index contributed by atoms with van der Waals surface area (Å²) in [7, 11) is 0. The van der Waals surface area contributed by atoms with Gasteiger partial charge in [-0.25, -0.2) is 0 Å². The van der Waals surface area contributed by atoms with Crippen LogP contribution in [0, 0.1) is 6.92 Å². The molecule has 3 aromatic carbocycles. The lowest BCUT2D eigenvalue weighted by atomic mass is 9.95. The minimum Gasteiger partial charge on any atom is -0.507 e. The number of halogens is 1. The van der Waals surface area contributed by atoms with Gasteiger partial charge in [-0.15, -0.1) is 10.2 Å². The second kappa shape index (κ2) is 13.6. The molecule has 2 heterocycles. The van der Waals surface area contributed by atoms with E-state index < -0.39 is 17.7 Å². The molecule has 43 heavy (non-hydrogen) atoms. The number of amides is 1. The Labute approximate surface area is 263 Å². The highest BCUT2D eigenvalue weighted by Gasteiger charge is 2.48. The molecule has 11 heteroatoms. The summed E-state index contributed by atoms with van der Waals surface area (Å²) >= 11 is 8.77. The van der Waals surface area contributed by atoms with Gasteiger partial charge in [0, 0.05) is 16.3 Å².